The van der Waals surface area contributed by atoms with Crippen molar-refractivity contribution in [1.82, 2.24) is 19.8 Å². The number of aryl methyl sites for hydroxylation is 3. The monoisotopic (exact) mass is 491 g/mol. The Bertz CT molecular complexity index is 1640. The molecule has 0 bridgehead atoms. The Kier molecular flexibility index (Phi) is 5.50. The maximum absolute atomic E-state index is 13.5. The topological polar surface area (TPSA) is 89.2 Å². The number of sulfone groups is 1. The number of fused-ring (bicyclic) bond motifs is 3. The van der Waals surface area contributed by atoms with Crippen molar-refractivity contribution in [3.8, 4) is 0 Å². The maximum atomic E-state index is 13.5. The molecule has 0 saturated heterocycles. The normalized spacial score (nSPS) is 11.9. The van der Waals surface area contributed by atoms with Crippen molar-refractivity contribution in [2.45, 2.75) is 37.1 Å². The van der Waals surface area contributed by atoms with Gasteiger partial charge in [0.05, 0.1) is 10.4 Å². The zero-order valence-electron chi connectivity index (χ0n) is 18.9. The molecular formula is C25H22ClN5O2S. The van der Waals surface area contributed by atoms with Crippen LogP contribution < -0.4 is 5.32 Å². The fraction of sp³-hybridized carbons (Fsp3) is 0.160. The molecule has 0 aliphatic carbocycles. The molecule has 3 aromatic carbocycles. The summed E-state index contributed by atoms with van der Waals surface area (Å²) in [6, 6.07) is 18.1. The highest BCUT2D eigenvalue weighted by molar-refractivity contribution is 7.91. The SMILES string of the molecule is CCc1ccc(S(=O)(=O)c2nnn3c2nc(Nc2cc(C)cc(C)c2)c2cc(Cl)ccc23)cc1. The van der Waals surface area contributed by atoms with E-state index < -0.39 is 9.84 Å². The molecule has 0 spiro atoms. The van der Waals surface area contributed by atoms with Crippen LogP contribution in [-0.2, 0) is 16.3 Å². The number of anilines is 2. The lowest BCUT2D eigenvalue weighted by Crippen LogP contribution is -2.06. The number of benzene rings is 3. The minimum absolute atomic E-state index is 0.140. The molecule has 34 heavy (non-hydrogen) atoms. The Labute approximate surface area is 202 Å². The second kappa shape index (κ2) is 8.38. The highest BCUT2D eigenvalue weighted by Gasteiger charge is 2.27. The molecule has 2 aromatic heterocycles. The van der Waals surface area contributed by atoms with Crippen molar-refractivity contribution in [2.75, 3.05) is 5.32 Å². The van der Waals surface area contributed by atoms with Crippen molar-refractivity contribution in [2.24, 2.45) is 0 Å². The quantitative estimate of drug-likeness (QED) is 0.340. The Morgan fingerprint density at radius 2 is 1.68 bits per heavy atom. The smallest absolute Gasteiger partial charge is 0.229 e. The van der Waals surface area contributed by atoms with Crippen LogP contribution >= 0.6 is 11.6 Å². The first-order valence-corrected chi connectivity index (χ1v) is 12.7. The lowest BCUT2D eigenvalue weighted by atomic mass is 10.1. The molecule has 0 aliphatic rings. The molecule has 9 heteroatoms. The van der Waals surface area contributed by atoms with Crippen LogP contribution in [0.3, 0.4) is 0 Å². The molecule has 0 unspecified atom stereocenters. The second-order valence-corrected chi connectivity index (χ2v) is 10.6. The zero-order chi connectivity index (χ0) is 24.0. The van der Waals surface area contributed by atoms with Crippen LogP contribution in [0.2, 0.25) is 5.02 Å². The minimum atomic E-state index is -3.94. The van der Waals surface area contributed by atoms with Gasteiger partial charge in [-0.15, -0.1) is 5.10 Å². The van der Waals surface area contributed by atoms with Crippen LogP contribution in [0.5, 0.6) is 0 Å². The van der Waals surface area contributed by atoms with E-state index in [1.165, 1.54) is 4.52 Å². The first-order chi connectivity index (χ1) is 16.3. The predicted octanol–water partition coefficient (Wildman–Crippen LogP) is 5.69. The van der Waals surface area contributed by atoms with Crippen LogP contribution in [0, 0.1) is 13.8 Å². The number of nitrogens with zero attached hydrogens (tertiary/aromatic N) is 4. The van der Waals surface area contributed by atoms with Gasteiger partial charge >= 0.3 is 0 Å². The van der Waals surface area contributed by atoms with E-state index in [-0.39, 0.29) is 15.6 Å². The van der Waals surface area contributed by atoms with E-state index in [1.807, 2.05) is 32.9 Å². The fourth-order valence-electron chi connectivity index (χ4n) is 4.04. The number of hydrogen-bond donors (Lipinski definition) is 1. The molecule has 0 saturated carbocycles. The van der Waals surface area contributed by atoms with Gasteiger partial charge in [0.15, 0.2) is 5.65 Å². The number of rotatable bonds is 5. The van der Waals surface area contributed by atoms with Crippen molar-refractivity contribution < 1.29 is 8.42 Å². The summed E-state index contributed by atoms with van der Waals surface area (Å²) in [6.07, 6.45) is 0.818. The molecule has 7 nitrogen and oxygen atoms in total. The third-order valence-corrected chi connectivity index (χ3v) is 7.56. The summed E-state index contributed by atoms with van der Waals surface area (Å²) < 4.78 is 28.4. The van der Waals surface area contributed by atoms with Gasteiger partial charge in [-0.3, -0.25) is 0 Å². The molecular weight excluding hydrogens is 470 g/mol. The van der Waals surface area contributed by atoms with Gasteiger partial charge in [0.2, 0.25) is 14.9 Å². The van der Waals surface area contributed by atoms with Gasteiger partial charge in [0, 0.05) is 16.1 Å². The van der Waals surface area contributed by atoms with Crippen LogP contribution in [0.25, 0.3) is 16.6 Å². The maximum Gasteiger partial charge on any atom is 0.229 e. The lowest BCUT2D eigenvalue weighted by molar-refractivity contribution is 0.592. The van der Waals surface area contributed by atoms with E-state index >= 15 is 0 Å². The number of hydrogen-bond acceptors (Lipinski definition) is 6. The van der Waals surface area contributed by atoms with Crippen LogP contribution in [0.1, 0.15) is 23.6 Å². The Hall–Kier alpha value is -3.49. The summed E-state index contributed by atoms with van der Waals surface area (Å²) in [5, 5.41) is 12.5. The lowest BCUT2D eigenvalue weighted by Gasteiger charge is -2.12. The van der Waals surface area contributed by atoms with Crippen LogP contribution in [0.15, 0.2) is 70.6 Å². The third-order valence-electron chi connectivity index (χ3n) is 5.66. The van der Waals surface area contributed by atoms with E-state index in [0.717, 1.165) is 28.8 Å². The van der Waals surface area contributed by atoms with Gasteiger partial charge in [-0.05, 0) is 79.4 Å². The van der Waals surface area contributed by atoms with Gasteiger partial charge < -0.3 is 5.32 Å². The van der Waals surface area contributed by atoms with Gasteiger partial charge in [0.25, 0.3) is 0 Å². The molecule has 0 atom stereocenters. The largest absolute Gasteiger partial charge is 0.340 e. The number of aromatic nitrogens is 4. The van der Waals surface area contributed by atoms with E-state index in [1.54, 1.807) is 42.5 Å². The average molecular weight is 492 g/mol. The Morgan fingerprint density at radius 3 is 2.35 bits per heavy atom. The van der Waals surface area contributed by atoms with Crippen LogP contribution in [0.4, 0.5) is 11.5 Å². The molecule has 1 N–H and O–H groups in total. The molecule has 5 aromatic rings. The number of nitrogens with one attached hydrogen (secondary N) is 1. The predicted molar refractivity (Wildman–Crippen MR) is 134 cm³/mol. The first kappa shape index (κ1) is 22.3. The summed E-state index contributed by atoms with van der Waals surface area (Å²) in [6.45, 7) is 6.04. The van der Waals surface area contributed by atoms with E-state index in [0.29, 0.717) is 21.7 Å². The fourth-order valence-corrected chi connectivity index (χ4v) is 5.44. The summed E-state index contributed by atoms with van der Waals surface area (Å²) in [5.74, 6) is 0.468. The highest BCUT2D eigenvalue weighted by atomic mass is 35.5. The van der Waals surface area contributed by atoms with Crippen molar-refractivity contribution in [3.63, 3.8) is 0 Å². The average Bonchev–Trinajstić information content (AvgIpc) is 3.23. The summed E-state index contributed by atoms with van der Waals surface area (Å²) in [7, 11) is -3.94. The van der Waals surface area contributed by atoms with E-state index in [9.17, 15) is 8.42 Å². The second-order valence-electron chi connectivity index (χ2n) is 8.25. The molecule has 0 aliphatic heterocycles. The first-order valence-electron chi connectivity index (χ1n) is 10.8. The summed E-state index contributed by atoms with van der Waals surface area (Å²) in [4.78, 5) is 4.82. The van der Waals surface area contributed by atoms with Gasteiger partial charge in [-0.2, -0.15) is 4.52 Å². The summed E-state index contributed by atoms with van der Waals surface area (Å²) >= 11 is 6.28. The van der Waals surface area contributed by atoms with E-state index in [2.05, 4.69) is 26.7 Å². The molecule has 5 rings (SSSR count). The highest BCUT2D eigenvalue weighted by Crippen LogP contribution is 2.31. The molecule has 0 radical (unpaired) electrons. The van der Waals surface area contributed by atoms with Crippen LogP contribution in [-0.4, -0.2) is 28.2 Å². The zero-order valence-corrected chi connectivity index (χ0v) is 20.4. The van der Waals surface area contributed by atoms with Gasteiger partial charge in [-0.25, -0.2) is 13.4 Å². The number of halogens is 1. The van der Waals surface area contributed by atoms with Crippen molar-refractivity contribution in [1.29, 1.82) is 0 Å². The third kappa shape index (κ3) is 3.89. The van der Waals surface area contributed by atoms with Crippen molar-refractivity contribution >= 4 is 49.5 Å². The molecule has 0 fully saturated rings. The molecule has 0 amide bonds. The van der Waals surface area contributed by atoms with Gasteiger partial charge in [0.1, 0.15) is 5.82 Å². The van der Waals surface area contributed by atoms with Crippen molar-refractivity contribution in [3.05, 3.63) is 82.4 Å². The molecule has 2 heterocycles. The standard InChI is InChI=1S/C25H22ClN5O2S/c1-4-17-5-8-20(9-6-17)34(32,33)25-24-28-23(27-19-12-15(2)11-16(3)13-19)21-14-18(26)7-10-22(21)31(24)30-29-25/h5-14H,4H2,1-3H3,(H,27,28). The molecule has 172 valence electrons. The Balaban J connectivity index is 1.73. The Morgan fingerprint density at radius 1 is 0.971 bits per heavy atom. The minimum Gasteiger partial charge on any atom is -0.340 e. The van der Waals surface area contributed by atoms with Gasteiger partial charge in [-0.1, -0.05) is 41.9 Å². The summed E-state index contributed by atoms with van der Waals surface area (Å²) in [5.41, 5.74) is 4.85. The van der Waals surface area contributed by atoms with E-state index in [4.69, 9.17) is 11.6 Å².